The zero-order valence-corrected chi connectivity index (χ0v) is 24.9. The smallest absolute Gasteiger partial charge is 0.408 e. The molecule has 2 aromatic carbocycles. The van der Waals surface area contributed by atoms with Crippen LogP contribution >= 0.6 is 12.2 Å². The fourth-order valence-electron chi connectivity index (χ4n) is 4.69. The molecule has 0 bridgehead atoms. The number of H-pyrrole nitrogens is 1. The number of hydrogen-bond donors (Lipinski definition) is 2. The number of fused-ring (bicyclic) bond motifs is 1. The summed E-state index contributed by atoms with van der Waals surface area (Å²) < 4.78 is 25.3. The van der Waals surface area contributed by atoms with Gasteiger partial charge in [-0.2, -0.15) is 0 Å². The molecule has 0 amide bonds. The summed E-state index contributed by atoms with van der Waals surface area (Å²) in [6, 6.07) is 12.6. The van der Waals surface area contributed by atoms with E-state index in [0.29, 0.717) is 23.6 Å². The second-order valence-corrected chi connectivity index (χ2v) is 17.2. The number of hydrogen-bond acceptors (Lipinski definition) is 5. The minimum absolute atomic E-state index is 0.0504. The quantitative estimate of drug-likeness (QED) is 0.241. The molecule has 3 aromatic rings. The van der Waals surface area contributed by atoms with E-state index >= 15 is 0 Å². The zero-order chi connectivity index (χ0) is 27.5. The number of aromatic nitrogens is 1. The highest BCUT2D eigenvalue weighted by molar-refractivity contribution is 7.80. The van der Waals surface area contributed by atoms with Crippen LogP contribution in [0.25, 0.3) is 11.1 Å². The summed E-state index contributed by atoms with van der Waals surface area (Å²) >= 11 is 5.75. The summed E-state index contributed by atoms with van der Waals surface area (Å²) in [7, 11) is -2.09. The van der Waals surface area contributed by atoms with E-state index in [1.54, 1.807) is 12.1 Å². The molecule has 0 spiro atoms. The molecule has 38 heavy (non-hydrogen) atoms. The number of thiocarbonyl (C=S) groups is 1. The van der Waals surface area contributed by atoms with Gasteiger partial charge < -0.3 is 14.2 Å². The highest BCUT2D eigenvalue weighted by Crippen LogP contribution is 2.40. The maximum atomic E-state index is 13.2. The van der Waals surface area contributed by atoms with Crippen molar-refractivity contribution in [2.24, 2.45) is 5.92 Å². The van der Waals surface area contributed by atoms with Gasteiger partial charge in [0, 0.05) is 13.1 Å². The molecule has 1 aliphatic heterocycles. The van der Waals surface area contributed by atoms with Gasteiger partial charge in [0.25, 0.3) is 0 Å². The van der Waals surface area contributed by atoms with Crippen LogP contribution in [-0.2, 0) is 10.8 Å². The minimum atomic E-state index is -2.09. The summed E-state index contributed by atoms with van der Waals surface area (Å²) in [5, 5.41) is 3.51. The van der Waals surface area contributed by atoms with Crippen LogP contribution in [0.1, 0.15) is 50.8 Å². The third-order valence-corrected chi connectivity index (χ3v) is 12.8. The van der Waals surface area contributed by atoms with Crippen LogP contribution in [0.15, 0.2) is 51.7 Å². The monoisotopic (exact) mass is 557 g/mol. The summed E-state index contributed by atoms with van der Waals surface area (Å²) in [4.78, 5) is 17.6. The standard InChI is InChI=1S/C29H40FN3O3SSi/c1-29(2,3)38(4,5)36-26(22-8-11-24-25(17-22)35-28(34)32-24)18-31-27(37)19-33-14-12-21(13-15-33)16-20-6-9-23(30)10-7-20/h6-11,17,21,26H,12-16,18-19H2,1-5H3,(H,31,37)(H,32,34). The van der Waals surface area contributed by atoms with Crippen molar-refractivity contribution in [3.05, 3.63) is 70.0 Å². The van der Waals surface area contributed by atoms with Crippen molar-refractivity contribution in [2.75, 3.05) is 26.2 Å². The van der Waals surface area contributed by atoms with Crippen molar-refractivity contribution < 1.29 is 13.2 Å². The number of aromatic amines is 1. The van der Waals surface area contributed by atoms with E-state index in [4.69, 9.17) is 21.1 Å². The van der Waals surface area contributed by atoms with Gasteiger partial charge in [0.2, 0.25) is 0 Å². The van der Waals surface area contributed by atoms with Crippen LogP contribution in [0.4, 0.5) is 4.39 Å². The zero-order valence-electron chi connectivity index (χ0n) is 23.1. The summed E-state index contributed by atoms with van der Waals surface area (Å²) in [5.41, 5.74) is 3.37. The first-order valence-electron chi connectivity index (χ1n) is 13.4. The Morgan fingerprint density at radius 1 is 1.21 bits per heavy atom. The fraction of sp³-hybridized carbons (Fsp3) is 0.517. The van der Waals surface area contributed by atoms with Crippen LogP contribution in [-0.4, -0.2) is 49.4 Å². The molecule has 1 atom stereocenters. The van der Waals surface area contributed by atoms with E-state index in [1.165, 1.54) is 5.56 Å². The molecule has 1 fully saturated rings. The molecule has 0 saturated carbocycles. The molecule has 1 aliphatic rings. The summed E-state index contributed by atoms with van der Waals surface area (Å²) in [5.74, 6) is -0.0260. The van der Waals surface area contributed by atoms with Crippen molar-refractivity contribution in [1.82, 2.24) is 15.2 Å². The van der Waals surface area contributed by atoms with Crippen LogP contribution in [0, 0.1) is 11.7 Å². The molecule has 9 heteroatoms. The Morgan fingerprint density at radius 3 is 2.55 bits per heavy atom. The van der Waals surface area contributed by atoms with Gasteiger partial charge in [-0.3, -0.25) is 9.88 Å². The number of nitrogens with one attached hydrogen (secondary N) is 2. The highest BCUT2D eigenvalue weighted by atomic mass is 32.1. The average molecular weight is 558 g/mol. The van der Waals surface area contributed by atoms with Gasteiger partial charge in [-0.25, -0.2) is 9.18 Å². The van der Waals surface area contributed by atoms with E-state index < -0.39 is 14.1 Å². The Labute approximate surface area is 231 Å². The van der Waals surface area contributed by atoms with Crippen molar-refractivity contribution in [1.29, 1.82) is 0 Å². The molecule has 2 heterocycles. The summed E-state index contributed by atoms with van der Waals surface area (Å²) in [6.45, 7) is 14.4. The van der Waals surface area contributed by atoms with E-state index in [1.807, 2.05) is 30.3 Å². The Hall–Kier alpha value is -2.33. The van der Waals surface area contributed by atoms with Gasteiger partial charge >= 0.3 is 5.76 Å². The number of likely N-dealkylation sites (tertiary alicyclic amines) is 1. The van der Waals surface area contributed by atoms with Gasteiger partial charge in [0.15, 0.2) is 13.9 Å². The first-order valence-corrected chi connectivity index (χ1v) is 16.8. The Morgan fingerprint density at radius 2 is 1.89 bits per heavy atom. The van der Waals surface area contributed by atoms with Crippen LogP contribution in [0.5, 0.6) is 0 Å². The molecule has 4 rings (SSSR count). The van der Waals surface area contributed by atoms with E-state index in [0.717, 1.165) is 49.4 Å². The lowest BCUT2D eigenvalue weighted by Crippen LogP contribution is -2.45. The van der Waals surface area contributed by atoms with Crippen LogP contribution in [0.3, 0.4) is 0 Å². The third-order valence-electron chi connectivity index (χ3n) is 8.06. The number of oxazole rings is 1. The van der Waals surface area contributed by atoms with E-state index in [9.17, 15) is 9.18 Å². The Balaban J connectivity index is 1.34. The van der Waals surface area contributed by atoms with Crippen LogP contribution in [0.2, 0.25) is 18.1 Å². The van der Waals surface area contributed by atoms with Crippen molar-refractivity contribution in [3.8, 4) is 0 Å². The second-order valence-electron chi connectivity index (χ2n) is 12.0. The van der Waals surface area contributed by atoms with Crippen molar-refractivity contribution in [3.63, 3.8) is 0 Å². The predicted octanol–water partition coefficient (Wildman–Crippen LogP) is 6.19. The van der Waals surface area contributed by atoms with Gasteiger partial charge in [-0.1, -0.05) is 51.2 Å². The molecule has 0 radical (unpaired) electrons. The lowest BCUT2D eigenvalue weighted by Gasteiger charge is -2.39. The molecule has 0 aliphatic carbocycles. The van der Waals surface area contributed by atoms with E-state index in [2.05, 4.69) is 49.1 Å². The fourth-order valence-corrected chi connectivity index (χ4v) is 6.24. The lowest BCUT2D eigenvalue weighted by molar-refractivity contribution is 0.184. The molecule has 6 nitrogen and oxygen atoms in total. The normalized spacial score (nSPS) is 16.6. The largest absolute Gasteiger partial charge is 0.417 e. The van der Waals surface area contributed by atoms with Crippen molar-refractivity contribution in [2.45, 2.75) is 64.3 Å². The van der Waals surface area contributed by atoms with Gasteiger partial charge in [-0.15, -0.1) is 0 Å². The Bertz CT molecular complexity index is 1290. The number of piperidine rings is 1. The molecular formula is C29H40FN3O3SSi. The highest BCUT2D eigenvalue weighted by Gasteiger charge is 2.39. The van der Waals surface area contributed by atoms with Gasteiger partial charge in [-0.05, 0) is 91.8 Å². The van der Waals surface area contributed by atoms with Gasteiger partial charge in [0.05, 0.1) is 16.6 Å². The number of nitrogens with zero attached hydrogens (tertiary/aromatic N) is 1. The molecule has 1 unspecified atom stereocenters. The number of rotatable bonds is 9. The molecule has 1 aromatic heterocycles. The van der Waals surface area contributed by atoms with E-state index in [-0.39, 0.29) is 17.0 Å². The maximum absolute atomic E-state index is 13.2. The molecule has 1 saturated heterocycles. The first-order chi connectivity index (χ1) is 17.9. The van der Waals surface area contributed by atoms with Gasteiger partial charge in [0.1, 0.15) is 5.82 Å². The number of halogens is 1. The SMILES string of the molecule is CC(C)(C)[Si](C)(C)OC(CNC(=S)CN1CCC(Cc2ccc(F)cc2)CC1)c1ccc2[nH]c(=O)oc2c1. The predicted molar refractivity (Wildman–Crippen MR) is 158 cm³/mol. The third kappa shape index (κ3) is 7.40. The van der Waals surface area contributed by atoms with Crippen molar-refractivity contribution >= 4 is 36.6 Å². The minimum Gasteiger partial charge on any atom is -0.408 e. The molecular weight excluding hydrogens is 517 g/mol. The first kappa shape index (κ1) is 28.7. The molecule has 206 valence electrons. The lowest BCUT2D eigenvalue weighted by atomic mass is 9.90. The maximum Gasteiger partial charge on any atom is 0.417 e. The topological polar surface area (TPSA) is 70.5 Å². The second kappa shape index (κ2) is 11.8. The molecule has 2 N–H and O–H groups in total. The Kier molecular flexibility index (Phi) is 8.91. The number of benzene rings is 2. The summed E-state index contributed by atoms with van der Waals surface area (Å²) in [6.07, 6.45) is 2.99. The average Bonchev–Trinajstić information content (AvgIpc) is 3.23. The van der Waals surface area contributed by atoms with Crippen LogP contribution < -0.4 is 11.1 Å².